The van der Waals surface area contributed by atoms with E-state index in [0.717, 1.165) is 36.3 Å². The first-order valence-corrected chi connectivity index (χ1v) is 14.6. The van der Waals surface area contributed by atoms with E-state index in [1.807, 2.05) is 42.2 Å². The minimum Gasteiger partial charge on any atom is -0.487 e. The maximum atomic E-state index is 12.9. The molecule has 0 saturated carbocycles. The van der Waals surface area contributed by atoms with E-state index in [-0.39, 0.29) is 5.91 Å². The Morgan fingerprint density at radius 2 is 1.62 bits per heavy atom. The Kier molecular flexibility index (Phi) is 9.80. The predicted molar refractivity (Wildman–Crippen MR) is 168 cm³/mol. The molecule has 5 rings (SSSR count). The molecular formula is C34H33Cl2N3O3. The number of carbonyl (C=O) groups is 1. The fourth-order valence-corrected chi connectivity index (χ4v) is 5.14. The Morgan fingerprint density at radius 3 is 2.29 bits per heavy atom. The highest BCUT2D eigenvalue weighted by Crippen LogP contribution is 2.34. The molecule has 1 saturated heterocycles. The number of piperazine rings is 1. The third-order valence-corrected chi connectivity index (χ3v) is 7.65. The number of aromatic nitrogens is 1. The number of pyridine rings is 1. The lowest BCUT2D eigenvalue weighted by molar-refractivity contribution is -0.127. The smallest absolute Gasteiger partial charge is 0.246 e. The average molecular weight is 603 g/mol. The molecule has 4 aromatic rings. The van der Waals surface area contributed by atoms with Crippen LogP contribution in [0.3, 0.4) is 0 Å². The van der Waals surface area contributed by atoms with Gasteiger partial charge < -0.3 is 14.4 Å². The van der Waals surface area contributed by atoms with Crippen LogP contribution in [0.15, 0.2) is 85.1 Å². The van der Waals surface area contributed by atoms with E-state index in [0.29, 0.717) is 47.1 Å². The molecule has 0 bridgehead atoms. The van der Waals surface area contributed by atoms with E-state index in [9.17, 15) is 4.79 Å². The van der Waals surface area contributed by atoms with E-state index < -0.39 is 0 Å². The predicted octanol–water partition coefficient (Wildman–Crippen LogP) is 7.73. The minimum absolute atomic E-state index is 0.00154. The quantitative estimate of drug-likeness (QED) is 0.184. The minimum atomic E-state index is 0.00154. The van der Waals surface area contributed by atoms with Crippen LogP contribution in [-0.4, -0.2) is 46.9 Å². The topological polar surface area (TPSA) is 54.9 Å². The zero-order chi connectivity index (χ0) is 29.5. The third kappa shape index (κ3) is 8.13. The molecule has 2 heterocycles. The van der Waals surface area contributed by atoms with Gasteiger partial charge in [0.1, 0.15) is 12.4 Å². The zero-order valence-electron chi connectivity index (χ0n) is 23.7. The molecule has 1 fully saturated rings. The summed E-state index contributed by atoms with van der Waals surface area (Å²) in [7, 11) is 0. The summed E-state index contributed by atoms with van der Waals surface area (Å²) in [5.41, 5.74) is 5.24. The molecule has 8 heteroatoms. The largest absolute Gasteiger partial charge is 0.487 e. The molecule has 0 atom stereocenters. The molecule has 0 unspecified atom stereocenters. The highest BCUT2D eigenvalue weighted by molar-refractivity contribution is 6.32. The zero-order valence-corrected chi connectivity index (χ0v) is 25.2. The summed E-state index contributed by atoms with van der Waals surface area (Å²) < 4.78 is 11.8. The van der Waals surface area contributed by atoms with Gasteiger partial charge in [-0.25, -0.2) is 4.98 Å². The Bertz CT molecular complexity index is 1510. The highest BCUT2D eigenvalue weighted by atomic mass is 35.5. The van der Waals surface area contributed by atoms with Crippen molar-refractivity contribution in [2.45, 2.75) is 27.0 Å². The van der Waals surface area contributed by atoms with Crippen molar-refractivity contribution < 1.29 is 14.3 Å². The van der Waals surface area contributed by atoms with Crippen molar-refractivity contribution in [1.29, 1.82) is 0 Å². The van der Waals surface area contributed by atoms with Crippen molar-refractivity contribution in [3.05, 3.63) is 123 Å². The van der Waals surface area contributed by atoms with Crippen LogP contribution in [0.1, 0.15) is 27.8 Å². The first-order valence-electron chi connectivity index (χ1n) is 13.9. The van der Waals surface area contributed by atoms with Crippen LogP contribution in [0, 0.1) is 13.8 Å². The van der Waals surface area contributed by atoms with Gasteiger partial charge in [0, 0.05) is 49.9 Å². The van der Waals surface area contributed by atoms with Gasteiger partial charge in [0.25, 0.3) is 0 Å². The van der Waals surface area contributed by atoms with E-state index in [1.165, 1.54) is 11.1 Å². The molecule has 0 radical (unpaired) electrons. The number of halogens is 2. The van der Waals surface area contributed by atoms with Crippen molar-refractivity contribution in [3.63, 3.8) is 0 Å². The van der Waals surface area contributed by atoms with E-state index >= 15 is 0 Å². The Balaban J connectivity index is 1.12. The van der Waals surface area contributed by atoms with Crippen LogP contribution in [0.4, 0.5) is 0 Å². The van der Waals surface area contributed by atoms with Crippen LogP contribution >= 0.6 is 23.2 Å². The molecule has 0 spiro atoms. The number of hydrogen-bond acceptors (Lipinski definition) is 5. The number of ether oxygens (including phenoxy) is 2. The van der Waals surface area contributed by atoms with Crippen molar-refractivity contribution in [2.24, 2.45) is 0 Å². The summed E-state index contributed by atoms with van der Waals surface area (Å²) in [5, 5.41) is 1.13. The van der Waals surface area contributed by atoms with Gasteiger partial charge in [-0.1, -0.05) is 65.2 Å². The second kappa shape index (κ2) is 13.9. The van der Waals surface area contributed by atoms with E-state index in [1.54, 1.807) is 36.5 Å². The fraction of sp³-hybridized carbons (Fsp3) is 0.235. The number of rotatable bonds is 9. The van der Waals surface area contributed by atoms with Gasteiger partial charge in [-0.3, -0.25) is 9.69 Å². The SMILES string of the molecule is Cc1ccc(CN2CCN(C(=O)C=Cc3cc(C)c(Oc4ccc(OCc5ccc(Cl)cc5)cn4)c(Cl)c3)CC2)cc1. The molecule has 1 aliphatic rings. The van der Waals surface area contributed by atoms with Gasteiger partial charge in [0.2, 0.25) is 11.8 Å². The number of nitrogens with zero attached hydrogens (tertiary/aromatic N) is 3. The van der Waals surface area contributed by atoms with Crippen LogP contribution in [0.25, 0.3) is 6.08 Å². The molecule has 1 aliphatic heterocycles. The molecule has 0 N–H and O–H groups in total. The second-order valence-electron chi connectivity index (χ2n) is 10.4. The van der Waals surface area contributed by atoms with Crippen molar-refractivity contribution in [1.82, 2.24) is 14.8 Å². The van der Waals surface area contributed by atoms with E-state index in [4.69, 9.17) is 32.7 Å². The van der Waals surface area contributed by atoms with E-state index in [2.05, 4.69) is 41.1 Å². The van der Waals surface area contributed by atoms with Crippen molar-refractivity contribution >= 4 is 35.2 Å². The summed E-state index contributed by atoms with van der Waals surface area (Å²) in [6.07, 6.45) is 5.03. The molecule has 1 aromatic heterocycles. The van der Waals surface area contributed by atoms with Crippen LogP contribution in [0.2, 0.25) is 10.0 Å². The fourth-order valence-electron chi connectivity index (χ4n) is 4.70. The molecular weight excluding hydrogens is 569 g/mol. The first-order chi connectivity index (χ1) is 20.3. The van der Waals surface area contributed by atoms with Gasteiger partial charge in [0.15, 0.2) is 5.75 Å². The maximum Gasteiger partial charge on any atom is 0.246 e. The normalized spacial score (nSPS) is 13.9. The van der Waals surface area contributed by atoms with Crippen molar-refractivity contribution in [2.75, 3.05) is 26.2 Å². The van der Waals surface area contributed by atoms with Gasteiger partial charge >= 0.3 is 0 Å². The summed E-state index contributed by atoms with van der Waals surface area (Å²) in [5.74, 6) is 1.55. The second-order valence-corrected chi connectivity index (χ2v) is 11.3. The third-order valence-electron chi connectivity index (χ3n) is 7.12. The lowest BCUT2D eigenvalue weighted by Gasteiger charge is -2.34. The molecule has 1 amide bonds. The first kappa shape index (κ1) is 29.6. The Hall–Kier alpha value is -3.84. The van der Waals surface area contributed by atoms with Gasteiger partial charge in [0.05, 0.1) is 11.2 Å². The summed E-state index contributed by atoms with van der Waals surface area (Å²) in [4.78, 5) is 21.5. The Labute approximate surface area is 257 Å². The summed E-state index contributed by atoms with van der Waals surface area (Å²) in [6, 6.07) is 23.4. The standard InChI is InChI=1S/C34H33Cl2N3O3/c1-24-3-5-26(6-4-24)22-38-15-17-39(18-16-38)33(40)14-9-28-19-25(2)34(31(36)20-28)42-32-13-12-30(21-37-32)41-23-27-7-10-29(35)11-8-27/h3-14,19-21H,15-18,22-23H2,1-2H3. The summed E-state index contributed by atoms with van der Waals surface area (Å²) in [6.45, 7) is 8.45. The number of hydrogen-bond donors (Lipinski definition) is 0. The van der Waals surface area contributed by atoms with Gasteiger partial charge in [-0.05, 0) is 72.5 Å². The van der Waals surface area contributed by atoms with Gasteiger partial charge in [-0.15, -0.1) is 0 Å². The monoisotopic (exact) mass is 601 g/mol. The van der Waals surface area contributed by atoms with Crippen LogP contribution < -0.4 is 9.47 Å². The summed E-state index contributed by atoms with van der Waals surface area (Å²) >= 11 is 12.5. The van der Waals surface area contributed by atoms with Crippen molar-refractivity contribution in [3.8, 4) is 17.4 Å². The molecule has 42 heavy (non-hydrogen) atoms. The lowest BCUT2D eigenvalue weighted by Crippen LogP contribution is -2.47. The average Bonchev–Trinajstić information content (AvgIpc) is 2.99. The molecule has 0 aliphatic carbocycles. The lowest BCUT2D eigenvalue weighted by atomic mass is 10.1. The molecule has 6 nitrogen and oxygen atoms in total. The number of benzene rings is 3. The molecule has 216 valence electrons. The highest BCUT2D eigenvalue weighted by Gasteiger charge is 2.20. The van der Waals surface area contributed by atoms with Crippen LogP contribution in [-0.2, 0) is 17.9 Å². The number of carbonyl (C=O) groups excluding carboxylic acids is 1. The maximum absolute atomic E-state index is 12.9. The van der Waals surface area contributed by atoms with Gasteiger partial charge in [-0.2, -0.15) is 0 Å². The Morgan fingerprint density at radius 1 is 0.905 bits per heavy atom. The number of amides is 1. The molecule has 3 aromatic carbocycles. The van der Waals surface area contributed by atoms with Crippen LogP contribution in [0.5, 0.6) is 17.4 Å². The number of aryl methyl sites for hydroxylation is 2.